The number of fused-ring (bicyclic) bond motifs is 1. The largest absolute Gasteiger partial charge is 0.366 e. The molecule has 1 aromatic heterocycles. The Hall–Kier alpha value is -1.89. The van der Waals surface area contributed by atoms with E-state index in [-0.39, 0.29) is 5.91 Å². The van der Waals surface area contributed by atoms with Crippen LogP contribution in [0.5, 0.6) is 0 Å². The van der Waals surface area contributed by atoms with Gasteiger partial charge in [-0.05, 0) is 54.3 Å². The molecule has 1 aromatic carbocycles. The van der Waals surface area contributed by atoms with E-state index in [2.05, 4.69) is 11.3 Å². The SMILES string of the molecule is NC(=O)c1ccccc1[CH]CCN1CC2CN(C(=O)c3sccc3Cl)C[C@@H]2C1. The van der Waals surface area contributed by atoms with Crippen LogP contribution in [0.25, 0.3) is 0 Å². The molecule has 2 aliphatic heterocycles. The van der Waals surface area contributed by atoms with Crippen molar-refractivity contribution in [3.05, 3.63) is 63.2 Å². The van der Waals surface area contributed by atoms with Crippen molar-refractivity contribution in [2.24, 2.45) is 17.6 Å². The van der Waals surface area contributed by atoms with Gasteiger partial charge in [-0.2, -0.15) is 0 Å². The minimum atomic E-state index is -0.391. The Kier molecular flexibility index (Phi) is 5.71. The summed E-state index contributed by atoms with van der Waals surface area (Å²) >= 11 is 7.53. The normalized spacial score (nSPS) is 21.8. The van der Waals surface area contributed by atoms with Crippen molar-refractivity contribution in [2.75, 3.05) is 32.7 Å². The molecule has 1 unspecified atom stereocenters. The maximum absolute atomic E-state index is 12.7. The maximum atomic E-state index is 12.7. The summed E-state index contributed by atoms with van der Waals surface area (Å²) in [7, 11) is 0. The highest BCUT2D eigenvalue weighted by molar-refractivity contribution is 7.12. The quantitative estimate of drug-likeness (QED) is 0.786. The summed E-state index contributed by atoms with van der Waals surface area (Å²) < 4.78 is 0. The first-order valence-electron chi connectivity index (χ1n) is 9.49. The number of carbonyl (C=O) groups excluding carboxylic acids is 2. The molecule has 2 amide bonds. The van der Waals surface area contributed by atoms with Crippen LogP contribution in [0.15, 0.2) is 35.7 Å². The number of benzene rings is 1. The molecule has 28 heavy (non-hydrogen) atoms. The molecule has 2 aromatic rings. The Balaban J connectivity index is 1.26. The lowest BCUT2D eigenvalue weighted by Gasteiger charge is -2.21. The summed E-state index contributed by atoms with van der Waals surface area (Å²) in [5.74, 6) is 0.733. The molecule has 2 fully saturated rings. The van der Waals surface area contributed by atoms with E-state index in [0.29, 0.717) is 27.3 Å². The van der Waals surface area contributed by atoms with E-state index in [1.165, 1.54) is 11.3 Å². The van der Waals surface area contributed by atoms with Gasteiger partial charge in [-0.15, -0.1) is 11.3 Å². The van der Waals surface area contributed by atoms with Crippen molar-refractivity contribution in [3.63, 3.8) is 0 Å². The molecule has 4 rings (SSSR count). The van der Waals surface area contributed by atoms with Gasteiger partial charge >= 0.3 is 0 Å². The fraction of sp³-hybridized carbons (Fsp3) is 0.381. The molecule has 7 heteroatoms. The number of primary amides is 1. The molecule has 3 heterocycles. The number of hydrogen-bond acceptors (Lipinski definition) is 4. The second-order valence-electron chi connectivity index (χ2n) is 7.53. The van der Waals surface area contributed by atoms with Crippen molar-refractivity contribution in [2.45, 2.75) is 6.42 Å². The lowest BCUT2D eigenvalue weighted by molar-refractivity contribution is 0.0779. The minimum Gasteiger partial charge on any atom is -0.366 e. The molecule has 5 nitrogen and oxygen atoms in total. The van der Waals surface area contributed by atoms with Crippen molar-refractivity contribution in [3.8, 4) is 0 Å². The van der Waals surface area contributed by atoms with Gasteiger partial charge in [-0.25, -0.2) is 0 Å². The number of amides is 2. The van der Waals surface area contributed by atoms with Gasteiger partial charge in [-0.1, -0.05) is 29.8 Å². The summed E-state index contributed by atoms with van der Waals surface area (Å²) in [5.41, 5.74) is 6.92. The smallest absolute Gasteiger partial charge is 0.265 e. The van der Waals surface area contributed by atoms with Crippen molar-refractivity contribution in [1.29, 1.82) is 0 Å². The molecule has 0 aliphatic carbocycles. The van der Waals surface area contributed by atoms with Crippen LogP contribution in [-0.4, -0.2) is 54.3 Å². The number of rotatable bonds is 6. The fourth-order valence-electron chi connectivity index (χ4n) is 4.33. The van der Waals surface area contributed by atoms with Gasteiger partial charge in [-0.3, -0.25) is 9.59 Å². The van der Waals surface area contributed by atoms with Crippen molar-refractivity contribution in [1.82, 2.24) is 9.80 Å². The first kappa shape index (κ1) is 19.4. The van der Waals surface area contributed by atoms with Gasteiger partial charge < -0.3 is 15.5 Å². The second-order valence-corrected chi connectivity index (χ2v) is 8.86. The molecule has 0 saturated carbocycles. The number of likely N-dealkylation sites (tertiary alicyclic amines) is 2. The highest BCUT2D eigenvalue weighted by Crippen LogP contribution is 2.33. The molecule has 2 atom stereocenters. The van der Waals surface area contributed by atoms with E-state index >= 15 is 0 Å². The standard InChI is InChI=1S/C21H23ClN3O2S/c22-18-7-9-28-19(18)21(27)25-12-15-10-24(11-16(15)13-25)8-3-5-14-4-1-2-6-17(14)20(23)26/h1-2,4-7,9,15-16H,3,8,10-13H2,(H2,23,26)/t15-,16?/m0/s1. The summed E-state index contributed by atoms with van der Waals surface area (Å²) in [6.45, 7) is 4.59. The Morgan fingerprint density at radius 3 is 2.50 bits per heavy atom. The molecule has 147 valence electrons. The van der Waals surface area contributed by atoms with Crippen LogP contribution in [0.4, 0.5) is 0 Å². The van der Waals surface area contributed by atoms with Gasteiger partial charge in [0.1, 0.15) is 4.88 Å². The third-order valence-corrected chi connectivity index (χ3v) is 7.03. The lowest BCUT2D eigenvalue weighted by Crippen LogP contribution is -2.33. The molecule has 0 spiro atoms. The summed E-state index contributed by atoms with van der Waals surface area (Å²) in [6.07, 6.45) is 2.96. The van der Waals surface area contributed by atoms with Crippen LogP contribution in [-0.2, 0) is 0 Å². The molecule has 2 saturated heterocycles. The number of nitrogens with zero attached hydrogens (tertiary/aromatic N) is 2. The third kappa shape index (κ3) is 3.95. The highest BCUT2D eigenvalue weighted by atomic mass is 35.5. The molecule has 2 aliphatic rings. The van der Waals surface area contributed by atoms with Crippen molar-refractivity contribution < 1.29 is 9.59 Å². The Bertz CT molecular complexity index is 870. The highest BCUT2D eigenvalue weighted by Gasteiger charge is 2.41. The topological polar surface area (TPSA) is 66.6 Å². The molecule has 2 N–H and O–H groups in total. The number of halogens is 1. The molecule has 0 bridgehead atoms. The summed E-state index contributed by atoms with van der Waals surface area (Å²) in [4.78, 5) is 29.2. The molecule has 1 radical (unpaired) electrons. The van der Waals surface area contributed by atoms with Crippen molar-refractivity contribution >= 4 is 34.8 Å². The van der Waals surface area contributed by atoms with E-state index in [1.807, 2.05) is 28.5 Å². The Morgan fingerprint density at radius 2 is 1.86 bits per heavy atom. The second kappa shape index (κ2) is 8.23. The zero-order valence-electron chi connectivity index (χ0n) is 15.5. The van der Waals surface area contributed by atoms with E-state index in [9.17, 15) is 9.59 Å². The number of thiophene rings is 1. The predicted octanol–water partition coefficient (Wildman–Crippen LogP) is 3.15. The van der Waals surface area contributed by atoms with Gasteiger partial charge in [0.2, 0.25) is 5.91 Å². The number of hydrogen-bond donors (Lipinski definition) is 1. The molecular weight excluding hydrogens is 394 g/mol. The summed E-state index contributed by atoms with van der Waals surface area (Å²) in [5, 5.41) is 2.42. The van der Waals surface area contributed by atoms with Crippen LogP contribution >= 0.6 is 22.9 Å². The zero-order valence-corrected chi connectivity index (χ0v) is 17.1. The monoisotopic (exact) mass is 416 g/mol. The first-order chi connectivity index (χ1) is 13.5. The zero-order chi connectivity index (χ0) is 19.7. The van der Waals surface area contributed by atoms with E-state index in [1.54, 1.807) is 12.1 Å². The maximum Gasteiger partial charge on any atom is 0.265 e. The number of carbonyl (C=O) groups is 2. The molecular formula is C21H23ClN3O2S. The van der Waals surface area contributed by atoms with E-state index in [4.69, 9.17) is 17.3 Å². The minimum absolute atomic E-state index is 0.0670. The average molecular weight is 417 g/mol. The lowest BCUT2D eigenvalue weighted by atomic mass is 10.0. The van der Waals surface area contributed by atoms with Crippen LogP contribution in [0.2, 0.25) is 5.02 Å². The van der Waals surface area contributed by atoms with Crippen LogP contribution in [0.3, 0.4) is 0 Å². The Morgan fingerprint density at radius 1 is 1.14 bits per heavy atom. The number of nitrogens with two attached hydrogens (primary N) is 1. The fourth-order valence-corrected chi connectivity index (χ4v) is 5.43. The Labute approximate surface area is 174 Å². The third-order valence-electron chi connectivity index (χ3n) is 5.70. The van der Waals surface area contributed by atoms with Gasteiger partial charge in [0.05, 0.1) is 5.02 Å². The van der Waals surface area contributed by atoms with E-state index < -0.39 is 5.91 Å². The average Bonchev–Trinajstić information content (AvgIpc) is 3.36. The van der Waals surface area contributed by atoms with Crippen LogP contribution in [0.1, 0.15) is 32.0 Å². The van der Waals surface area contributed by atoms with Gasteiger partial charge in [0, 0.05) is 31.7 Å². The van der Waals surface area contributed by atoms with Gasteiger partial charge in [0.25, 0.3) is 5.91 Å². The van der Waals surface area contributed by atoms with Gasteiger partial charge in [0.15, 0.2) is 0 Å². The first-order valence-corrected chi connectivity index (χ1v) is 10.8. The van der Waals surface area contributed by atoms with Crippen LogP contribution < -0.4 is 5.73 Å². The summed E-state index contributed by atoms with van der Waals surface area (Å²) in [6, 6.07) is 9.22. The van der Waals surface area contributed by atoms with E-state index in [0.717, 1.165) is 44.7 Å². The van der Waals surface area contributed by atoms with Crippen LogP contribution in [0, 0.1) is 18.3 Å². The predicted molar refractivity (Wildman–Crippen MR) is 112 cm³/mol.